The summed E-state index contributed by atoms with van der Waals surface area (Å²) >= 11 is 1.68. The fraction of sp³-hybridized carbons (Fsp3) is 0.273. The van der Waals surface area contributed by atoms with Gasteiger partial charge >= 0.3 is 0 Å². The van der Waals surface area contributed by atoms with Crippen molar-refractivity contribution in [2.45, 2.75) is 20.4 Å². The van der Waals surface area contributed by atoms with Crippen LogP contribution in [0.2, 0.25) is 0 Å². The van der Waals surface area contributed by atoms with Gasteiger partial charge in [0.15, 0.2) is 0 Å². The monoisotopic (exact) mass is 260 g/mol. The molecule has 0 atom stereocenters. The van der Waals surface area contributed by atoms with Crippen LogP contribution in [0.4, 0.5) is 5.82 Å². The number of nitrogens with zero attached hydrogens (tertiary/aromatic N) is 5. The highest BCUT2D eigenvalue weighted by atomic mass is 32.1. The average molecular weight is 260 g/mol. The highest BCUT2D eigenvalue weighted by Crippen LogP contribution is 2.15. The molecule has 0 aromatic carbocycles. The van der Waals surface area contributed by atoms with Gasteiger partial charge in [0.1, 0.15) is 12.1 Å². The van der Waals surface area contributed by atoms with Gasteiger partial charge in [0.05, 0.1) is 11.6 Å². The standard InChI is InChI=1S/C11H12N6S/c1-7-3-10(17-11(16-7)14-6-15-17)13-5-9-4-12-8(2)18-9/h3-4,6,13H,5H2,1-2H3. The zero-order valence-electron chi connectivity index (χ0n) is 10.1. The minimum absolute atomic E-state index is 0.609. The van der Waals surface area contributed by atoms with E-state index in [1.54, 1.807) is 15.9 Å². The molecule has 3 rings (SSSR count). The fourth-order valence-corrected chi connectivity index (χ4v) is 2.46. The van der Waals surface area contributed by atoms with E-state index in [0.717, 1.165) is 23.1 Å². The number of thiazole rings is 1. The van der Waals surface area contributed by atoms with E-state index in [-0.39, 0.29) is 0 Å². The molecule has 1 N–H and O–H groups in total. The lowest BCUT2D eigenvalue weighted by Crippen LogP contribution is -2.06. The third-order valence-electron chi connectivity index (χ3n) is 2.49. The van der Waals surface area contributed by atoms with Crippen molar-refractivity contribution < 1.29 is 0 Å². The number of fused-ring (bicyclic) bond motifs is 1. The number of hydrogen-bond acceptors (Lipinski definition) is 6. The number of nitrogens with one attached hydrogen (secondary N) is 1. The van der Waals surface area contributed by atoms with Crippen molar-refractivity contribution in [1.29, 1.82) is 0 Å². The smallest absolute Gasteiger partial charge is 0.254 e. The zero-order valence-corrected chi connectivity index (χ0v) is 10.9. The molecule has 3 aromatic heterocycles. The van der Waals surface area contributed by atoms with Crippen LogP contribution >= 0.6 is 11.3 Å². The van der Waals surface area contributed by atoms with Gasteiger partial charge < -0.3 is 5.32 Å². The Kier molecular flexibility index (Phi) is 2.67. The summed E-state index contributed by atoms with van der Waals surface area (Å²) in [5.41, 5.74) is 0.915. The van der Waals surface area contributed by atoms with Crippen molar-refractivity contribution in [2.24, 2.45) is 0 Å². The SMILES string of the molecule is Cc1cc(NCc2cnc(C)s2)n2ncnc2n1. The van der Waals surface area contributed by atoms with Crippen LogP contribution < -0.4 is 5.32 Å². The Morgan fingerprint density at radius 1 is 1.33 bits per heavy atom. The van der Waals surface area contributed by atoms with Crippen molar-refractivity contribution in [3.05, 3.63) is 34.2 Å². The molecule has 3 heterocycles. The van der Waals surface area contributed by atoms with Gasteiger partial charge in [-0.05, 0) is 13.8 Å². The molecule has 3 aromatic rings. The van der Waals surface area contributed by atoms with Gasteiger partial charge in [-0.25, -0.2) is 9.97 Å². The van der Waals surface area contributed by atoms with Crippen LogP contribution in [-0.2, 0) is 6.54 Å². The number of rotatable bonds is 3. The largest absolute Gasteiger partial charge is 0.365 e. The number of anilines is 1. The Hall–Kier alpha value is -2.02. The first-order chi connectivity index (χ1) is 8.72. The molecule has 0 unspecified atom stereocenters. The molecule has 7 heteroatoms. The number of aryl methyl sites for hydroxylation is 2. The summed E-state index contributed by atoms with van der Waals surface area (Å²) in [7, 11) is 0. The number of hydrogen-bond donors (Lipinski definition) is 1. The normalized spacial score (nSPS) is 11.0. The molecule has 0 radical (unpaired) electrons. The molecular weight excluding hydrogens is 248 g/mol. The molecule has 0 aliphatic carbocycles. The van der Waals surface area contributed by atoms with Gasteiger partial charge in [-0.3, -0.25) is 0 Å². The van der Waals surface area contributed by atoms with Crippen LogP contribution in [0.25, 0.3) is 5.78 Å². The number of aromatic nitrogens is 5. The lowest BCUT2D eigenvalue weighted by molar-refractivity contribution is 0.918. The Labute approximate surface area is 108 Å². The van der Waals surface area contributed by atoms with Crippen molar-refractivity contribution >= 4 is 22.9 Å². The quantitative estimate of drug-likeness (QED) is 0.778. The zero-order chi connectivity index (χ0) is 12.5. The lowest BCUT2D eigenvalue weighted by atomic mass is 10.4. The van der Waals surface area contributed by atoms with Crippen molar-refractivity contribution in [1.82, 2.24) is 24.6 Å². The summed E-state index contributed by atoms with van der Waals surface area (Å²) in [6, 6.07) is 1.95. The molecule has 0 amide bonds. The highest BCUT2D eigenvalue weighted by molar-refractivity contribution is 7.11. The van der Waals surface area contributed by atoms with Crippen molar-refractivity contribution in [2.75, 3.05) is 5.32 Å². The molecule has 0 bridgehead atoms. The van der Waals surface area contributed by atoms with E-state index in [9.17, 15) is 0 Å². The van der Waals surface area contributed by atoms with Gasteiger partial charge in [-0.15, -0.1) is 11.3 Å². The first kappa shape index (κ1) is 11.1. The van der Waals surface area contributed by atoms with Gasteiger partial charge in [-0.2, -0.15) is 14.6 Å². The second-order valence-corrected chi connectivity index (χ2v) is 5.27. The molecule has 92 valence electrons. The van der Waals surface area contributed by atoms with Crippen LogP contribution in [0.3, 0.4) is 0 Å². The second kappa shape index (κ2) is 4.34. The van der Waals surface area contributed by atoms with Crippen LogP contribution in [0.5, 0.6) is 0 Å². The summed E-state index contributed by atoms with van der Waals surface area (Å²) in [4.78, 5) is 13.8. The summed E-state index contributed by atoms with van der Waals surface area (Å²) in [6.07, 6.45) is 3.39. The first-order valence-electron chi connectivity index (χ1n) is 5.55. The third kappa shape index (κ3) is 2.04. The van der Waals surface area contributed by atoms with Gasteiger partial charge in [0, 0.05) is 22.8 Å². The molecule has 18 heavy (non-hydrogen) atoms. The minimum Gasteiger partial charge on any atom is -0.365 e. The molecular formula is C11H12N6S. The van der Waals surface area contributed by atoms with Gasteiger partial charge in [0.25, 0.3) is 5.78 Å². The van der Waals surface area contributed by atoms with E-state index in [1.165, 1.54) is 11.2 Å². The van der Waals surface area contributed by atoms with Crippen molar-refractivity contribution in [3.8, 4) is 0 Å². The molecule has 0 aliphatic heterocycles. The van der Waals surface area contributed by atoms with Gasteiger partial charge in [-0.1, -0.05) is 0 Å². The Morgan fingerprint density at radius 2 is 2.22 bits per heavy atom. The summed E-state index contributed by atoms with van der Waals surface area (Å²) in [5.74, 6) is 1.50. The van der Waals surface area contributed by atoms with Gasteiger partial charge in [0.2, 0.25) is 0 Å². The maximum absolute atomic E-state index is 4.30. The van der Waals surface area contributed by atoms with Crippen LogP contribution in [0, 0.1) is 13.8 Å². The third-order valence-corrected chi connectivity index (χ3v) is 3.41. The Morgan fingerprint density at radius 3 is 3.00 bits per heavy atom. The Bertz CT molecular complexity index is 686. The van der Waals surface area contributed by atoms with Crippen LogP contribution in [0.15, 0.2) is 18.6 Å². The average Bonchev–Trinajstić information content (AvgIpc) is 2.94. The molecule has 0 saturated carbocycles. The molecule has 0 spiro atoms. The molecule has 6 nitrogen and oxygen atoms in total. The maximum Gasteiger partial charge on any atom is 0.254 e. The van der Waals surface area contributed by atoms with E-state index < -0.39 is 0 Å². The second-order valence-electron chi connectivity index (χ2n) is 3.95. The summed E-state index contributed by atoms with van der Waals surface area (Å²) in [6.45, 7) is 4.67. The topological polar surface area (TPSA) is 68.0 Å². The summed E-state index contributed by atoms with van der Waals surface area (Å²) in [5, 5.41) is 8.55. The first-order valence-corrected chi connectivity index (χ1v) is 6.36. The van der Waals surface area contributed by atoms with E-state index >= 15 is 0 Å². The van der Waals surface area contributed by atoms with E-state index in [4.69, 9.17) is 0 Å². The van der Waals surface area contributed by atoms with Crippen LogP contribution in [0.1, 0.15) is 15.6 Å². The van der Waals surface area contributed by atoms with Crippen LogP contribution in [-0.4, -0.2) is 24.6 Å². The molecule has 0 aliphatic rings. The maximum atomic E-state index is 4.30. The molecule has 0 fully saturated rings. The van der Waals surface area contributed by atoms with Crippen molar-refractivity contribution in [3.63, 3.8) is 0 Å². The predicted molar refractivity (Wildman–Crippen MR) is 69.7 cm³/mol. The summed E-state index contributed by atoms with van der Waals surface area (Å²) < 4.78 is 1.70. The van der Waals surface area contributed by atoms with E-state index in [1.807, 2.05) is 26.1 Å². The lowest BCUT2D eigenvalue weighted by Gasteiger charge is -2.06. The fourth-order valence-electron chi connectivity index (χ4n) is 1.72. The highest BCUT2D eigenvalue weighted by Gasteiger charge is 2.05. The molecule has 0 saturated heterocycles. The van der Waals surface area contributed by atoms with E-state index in [0.29, 0.717) is 5.78 Å². The van der Waals surface area contributed by atoms with E-state index in [2.05, 4.69) is 25.4 Å². The Balaban J connectivity index is 1.87. The minimum atomic E-state index is 0.609. The predicted octanol–water partition coefficient (Wildman–Crippen LogP) is 1.81.